The van der Waals surface area contributed by atoms with Gasteiger partial charge in [-0.2, -0.15) is 0 Å². The maximum Gasteiger partial charge on any atom is 0.335 e. The predicted molar refractivity (Wildman–Crippen MR) is 86.8 cm³/mol. The molecule has 0 aliphatic rings. The number of methoxy groups -OCH3 is 3. The number of hydrogen-bond donors (Lipinski definition) is 2. The smallest absolute Gasteiger partial charge is 0.335 e. The number of hydrogen-bond acceptors (Lipinski definition) is 5. The number of nitrogens with one attached hydrogen (secondary N) is 1. The van der Waals surface area contributed by atoms with Crippen LogP contribution in [0.1, 0.15) is 15.9 Å². The van der Waals surface area contributed by atoms with Crippen molar-refractivity contribution in [3.8, 4) is 17.2 Å². The molecule has 6 nitrogen and oxygen atoms in total. The number of benzene rings is 2. The highest BCUT2D eigenvalue weighted by molar-refractivity contribution is 5.88. The fourth-order valence-corrected chi connectivity index (χ4v) is 2.17. The van der Waals surface area contributed by atoms with Crippen molar-refractivity contribution >= 4 is 11.7 Å². The molecule has 0 saturated heterocycles. The Kier molecular flexibility index (Phi) is 5.30. The van der Waals surface area contributed by atoms with Crippen LogP contribution in [-0.2, 0) is 6.54 Å². The van der Waals surface area contributed by atoms with E-state index in [1.807, 2.05) is 12.1 Å². The van der Waals surface area contributed by atoms with E-state index < -0.39 is 5.97 Å². The van der Waals surface area contributed by atoms with Gasteiger partial charge in [0, 0.05) is 12.2 Å². The summed E-state index contributed by atoms with van der Waals surface area (Å²) in [5.74, 6) is 0.778. The molecule has 0 saturated carbocycles. The minimum Gasteiger partial charge on any atom is -0.493 e. The second-order valence-electron chi connectivity index (χ2n) is 4.77. The molecule has 0 amide bonds. The summed E-state index contributed by atoms with van der Waals surface area (Å²) in [4.78, 5) is 10.8. The van der Waals surface area contributed by atoms with Crippen LogP contribution in [0.2, 0.25) is 0 Å². The lowest BCUT2D eigenvalue weighted by molar-refractivity contribution is 0.0697. The van der Waals surface area contributed by atoms with Crippen LogP contribution in [0.25, 0.3) is 0 Å². The van der Waals surface area contributed by atoms with Gasteiger partial charge in [-0.25, -0.2) is 4.79 Å². The number of carboxylic acids is 1. The summed E-state index contributed by atoms with van der Waals surface area (Å²) in [5.41, 5.74) is 2.02. The van der Waals surface area contributed by atoms with Crippen molar-refractivity contribution in [2.45, 2.75) is 6.54 Å². The number of ether oxygens (including phenoxy) is 3. The third kappa shape index (κ3) is 3.85. The van der Waals surface area contributed by atoms with Gasteiger partial charge in [0.2, 0.25) is 5.75 Å². The Morgan fingerprint density at radius 1 is 1.00 bits per heavy atom. The second kappa shape index (κ2) is 7.40. The number of aromatic carboxylic acids is 1. The van der Waals surface area contributed by atoms with Crippen molar-refractivity contribution in [3.63, 3.8) is 0 Å². The van der Waals surface area contributed by atoms with Crippen molar-refractivity contribution in [3.05, 3.63) is 47.5 Å². The summed E-state index contributed by atoms with van der Waals surface area (Å²) in [7, 11) is 4.69. The van der Waals surface area contributed by atoms with Crippen LogP contribution in [0.5, 0.6) is 17.2 Å². The minimum atomic E-state index is -0.943. The Morgan fingerprint density at radius 3 is 2.00 bits per heavy atom. The Labute approximate surface area is 134 Å². The molecular formula is C17H19NO5. The van der Waals surface area contributed by atoms with Gasteiger partial charge < -0.3 is 24.6 Å². The normalized spacial score (nSPS) is 10.0. The van der Waals surface area contributed by atoms with Crippen molar-refractivity contribution in [1.82, 2.24) is 0 Å². The number of carboxylic acid groups (broad SMARTS) is 1. The van der Waals surface area contributed by atoms with Gasteiger partial charge >= 0.3 is 5.97 Å². The topological polar surface area (TPSA) is 77.0 Å². The van der Waals surface area contributed by atoms with Gasteiger partial charge in [0.1, 0.15) is 0 Å². The molecule has 2 aromatic carbocycles. The number of anilines is 1. The van der Waals surface area contributed by atoms with Crippen LogP contribution in [0.4, 0.5) is 5.69 Å². The lowest BCUT2D eigenvalue weighted by atomic mass is 10.1. The highest BCUT2D eigenvalue weighted by Crippen LogP contribution is 2.38. The molecule has 2 rings (SSSR count). The van der Waals surface area contributed by atoms with Crippen LogP contribution < -0.4 is 19.5 Å². The molecule has 0 aliphatic heterocycles. The van der Waals surface area contributed by atoms with E-state index in [9.17, 15) is 4.79 Å². The Hall–Kier alpha value is -2.89. The molecule has 6 heteroatoms. The van der Waals surface area contributed by atoms with Crippen LogP contribution in [-0.4, -0.2) is 32.4 Å². The summed E-state index contributed by atoms with van der Waals surface area (Å²) >= 11 is 0. The lowest BCUT2D eigenvalue weighted by Gasteiger charge is -2.14. The van der Waals surface area contributed by atoms with E-state index in [1.165, 1.54) is 0 Å². The monoisotopic (exact) mass is 317 g/mol. The van der Waals surface area contributed by atoms with Gasteiger partial charge in [0.05, 0.1) is 26.9 Å². The van der Waals surface area contributed by atoms with Gasteiger partial charge in [-0.1, -0.05) is 0 Å². The zero-order valence-corrected chi connectivity index (χ0v) is 13.3. The molecule has 0 fully saturated rings. The molecular weight excluding hydrogens is 298 g/mol. The Bertz CT molecular complexity index is 657. The summed E-state index contributed by atoms with van der Waals surface area (Å²) in [6.45, 7) is 0.531. The first kappa shape index (κ1) is 16.5. The van der Waals surface area contributed by atoms with Crippen molar-refractivity contribution < 1.29 is 24.1 Å². The van der Waals surface area contributed by atoms with E-state index in [0.29, 0.717) is 23.8 Å². The van der Waals surface area contributed by atoms with E-state index in [2.05, 4.69) is 5.32 Å². The van der Waals surface area contributed by atoms with Gasteiger partial charge in [0.15, 0.2) is 11.5 Å². The third-order valence-corrected chi connectivity index (χ3v) is 3.35. The lowest BCUT2D eigenvalue weighted by Crippen LogP contribution is -2.03. The SMILES string of the molecule is COc1cc(CNc2ccc(C(=O)O)cc2)cc(OC)c1OC. The van der Waals surface area contributed by atoms with Crippen LogP contribution in [0, 0.1) is 0 Å². The molecule has 122 valence electrons. The Balaban J connectivity index is 2.15. The molecule has 0 spiro atoms. The largest absolute Gasteiger partial charge is 0.493 e. The molecule has 0 aliphatic carbocycles. The summed E-state index contributed by atoms with van der Waals surface area (Å²) in [6, 6.07) is 10.3. The molecule has 2 N–H and O–H groups in total. The number of rotatable bonds is 7. The molecule has 23 heavy (non-hydrogen) atoms. The van der Waals surface area contributed by atoms with E-state index >= 15 is 0 Å². The summed E-state index contributed by atoms with van der Waals surface area (Å²) in [6.07, 6.45) is 0. The zero-order chi connectivity index (χ0) is 16.8. The fraction of sp³-hybridized carbons (Fsp3) is 0.235. The average Bonchev–Trinajstić information content (AvgIpc) is 2.59. The maximum absolute atomic E-state index is 10.8. The van der Waals surface area contributed by atoms with Crippen molar-refractivity contribution in [2.75, 3.05) is 26.6 Å². The molecule has 0 heterocycles. The minimum absolute atomic E-state index is 0.253. The highest BCUT2D eigenvalue weighted by Gasteiger charge is 2.13. The maximum atomic E-state index is 10.8. The quantitative estimate of drug-likeness (QED) is 0.817. The predicted octanol–water partition coefficient (Wildman–Crippen LogP) is 3.02. The molecule has 0 bridgehead atoms. The highest BCUT2D eigenvalue weighted by atomic mass is 16.5. The van der Waals surface area contributed by atoms with Gasteiger partial charge in [-0.05, 0) is 42.0 Å². The van der Waals surface area contributed by atoms with E-state index in [4.69, 9.17) is 19.3 Å². The Morgan fingerprint density at radius 2 is 1.57 bits per heavy atom. The molecule has 0 aromatic heterocycles. The summed E-state index contributed by atoms with van der Waals surface area (Å²) in [5, 5.41) is 12.1. The molecule has 0 unspecified atom stereocenters. The summed E-state index contributed by atoms with van der Waals surface area (Å²) < 4.78 is 15.9. The van der Waals surface area contributed by atoms with E-state index in [-0.39, 0.29) is 5.56 Å². The van der Waals surface area contributed by atoms with E-state index in [1.54, 1.807) is 45.6 Å². The van der Waals surface area contributed by atoms with Gasteiger partial charge in [0.25, 0.3) is 0 Å². The first-order chi connectivity index (χ1) is 11.1. The second-order valence-corrected chi connectivity index (χ2v) is 4.77. The van der Waals surface area contributed by atoms with Gasteiger partial charge in [-0.15, -0.1) is 0 Å². The zero-order valence-electron chi connectivity index (χ0n) is 13.3. The van der Waals surface area contributed by atoms with Crippen LogP contribution >= 0.6 is 0 Å². The van der Waals surface area contributed by atoms with Gasteiger partial charge in [-0.3, -0.25) is 0 Å². The molecule has 0 radical (unpaired) electrons. The van der Waals surface area contributed by atoms with E-state index in [0.717, 1.165) is 11.3 Å². The fourth-order valence-electron chi connectivity index (χ4n) is 2.17. The third-order valence-electron chi connectivity index (χ3n) is 3.35. The van der Waals surface area contributed by atoms with Crippen molar-refractivity contribution in [1.29, 1.82) is 0 Å². The standard InChI is InChI=1S/C17H19NO5/c1-21-14-8-11(9-15(22-2)16(14)23-3)10-18-13-6-4-12(5-7-13)17(19)20/h4-9,18H,10H2,1-3H3,(H,19,20). The molecule has 0 atom stereocenters. The average molecular weight is 317 g/mol. The first-order valence-electron chi connectivity index (χ1n) is 6.95. The van der Waals surface area contributed by atoms with Crippen LogP contribution in [0.15, 0.2) is 36.4 Å². The first-order valence-corrected chi connectivity index (χ1v) is 6.95. The van der Waals surface area contributed by atoms with Crippen LogP contribution in [0.3, 0.4) is 0 Å². The molecule has 2 aromatic rings. The van der Waals surface area contributed by atoms with Crippen molar-refractivity contribution in [2.24, 2.45) is 0 Å². The number of carbonyl (C=O) groups is 1.